The molecular weight excluding hydrogens is 246 g/mol. The maximum Gasteiger partial charge on any atom is 0.357 e. The van der Waals surface area contributed by atoms with Gasteiger partial charge in [-0.3, -0.25) is 9.67 Å². The Balaban J connectivity index is 2.60. The first kappa shape index (κ1) is 11.5. The number of rotatable bonds is 2. The van der Waals surface area contributed by atoms with Gasteiger partial charge in [0, 0.05) is 24.2 Å². The Hall–Kier alpha value is -2.63. The fourth-order valence-corrected chi connectivity index (χ4v) is 2.29. The summed E-state index contributed by atoms with van der Waals surface area (Å²) in [4.78, 5) is 15.4. The van der Waals surface area contributed by atoms with Crippen molar-refractivity contribution in [3.63, 3.8) is 0 Å². The second-order valence-electron chi connectivity index (χ2n) is 4.16. The number of aromatic nitrogens is 3. The lowest BCUT2D eigenvalue weighted by Gasteiger charge is -2.04. The summed E-state index contributed by atoms with van der Waals surface area (Å²) in [5, 5.41) is 24.3. The number of pyridine rings is 1. The molecule has 19 heavy (non-hydrogen) atoms. The number of aryl methyl sites for hydroxylation is 1. The van der Waals surface area contributed by atoms with Gasteiger partial charge in [-0.25, -0.2) is 4.79 Å². The highest BCUT2D eigenvalue weighted by Gasteiger charge is 2.21. The second-order valence-corrected chi connectivity index (χ2v) is 4.16. The van der Waals surface area contributed by atoms with Crippen molar-refractivity contribution >= 4 is 27.8 Å². The predicted octanol–water partition coefficient (Wildman–Crippen LogP) is 2.01. The average Bonchev–Trinajstić information content (AvgIpc) is 2.79. The molecule has 0 unspecified atom stereocenters. The standard InChI is InChI=1S/C13H11N3O3/c1-2-16-12-7-4-3-5-14-8(7)6-9(17)10(12)11(15-16)13(18)19/h3-6,17H,2H2,1H3,(H,18,19). The number of phenolic OH excluding ortho intramolecular Hbond substituents is 1. The molecule has 0 aliphatic heterocycles. The molecule has 0 amide bonds. The molecule has 96 valence electrons. The Bertz CT molecular complexity index is 808. The molecule has 1 aromatic carbocycles. The van der Waals surface area contributed by atoms with Crippen LogP contribution >= 0.6 is 0 Å². The van der Waals surface area contributed by atoms with Gasteiger partial charge in [0.2, 0.25) is 0 Å². The Kier molecular flexibility index (Phi) is 2.38. The van der Waals surface area contributed by atoms with Gasteiger partial charge in [-0.05, 0) is 19.1 Å². The van der Waals surface area contributed by atoms with Gasteiger partial charge in [-0.2, -0.15) is 5.10 Å². The first-order valence-corrected chi connectivity index (χ1v) is 5.84. The minimum atomic E-state index is -1.16. The maximum absolute atomic E-state index is 11.2. The molecule has 0 spiro atoms. The third-order valence-corrected chi connectivity index (χ3v) is 3.08. The first-order valence-electron chi connectivity index (χ1n) is 5.84. The van der Waals surface area contributed by atoms with Crippen LogP contribution in [0.5, 0.6) is 5.75 Å². The molecule has 2 heterocycles. The molecule has 0 bridgehead atoms. The van der Waals surface area contributed by atoms with E-state index in [1.807, 2.05) is 13.0 Å². The fourth-order valence-electron chi connectivity index (χ4n) is 2.29. The van der Waals surface area contributed by atoms with E-state index in [0.717, 1.165) is 5.39 Å². The molecule has 0 atom stereocenters. The van der Waals surface area contributed by atoms with Gasteiger partial charge in [0.25, 0.3) is 0 Å². The van der Waals surface area contributed by atoms with E-state index in [-0.39, 0.29) is 16.8 Å². The van der Waals surface area contributed by atoms with Crippen LogP contribution in [0.1, 0.15) is 17.4 Å². The number of carboxylic acid groups (broad SMARTS) is 1. The summed E-state index contributed by atoms with van der Waals surface area (Å²) < 4.78 is 1.57. The summed E-state index contributed by atoms with van der Waals surface area (Å²) in [7, 11) is 0. The molecule has 0 aliphatic carbocycles. The third-order valence-electron chi connectivity index (χ3n) is 3.08. The molecule has 0 aliphatic rings. The number of phenols is 1. The minimum absolute atomic E-state index is 0.113. The van der Waals surface area contributed by atoms with Crippen LogP contribution in [0.25, 0.3) is 21.8 Å². The van der Waals surface area contributed by atoms with Crippen molar-refractivity contribution in [2.24, 2.45) is 0 Å². The zero-order valence-electron chi connectivity index (χ0n) is 10.2. The number of nitrogens with zero attached hydrogens (tertiary/aromatic N) is 3. The number of fused-ring (bicyclic) bond motifs is 3. The number of hydrogen-bond donors (Lipinski definition) is 2. The Morgan fingerprint density at radius 3 is 2.95 bits per heavy atom. The van der Waals surface area contributed by atoms with Crippen LogP contribution in [-0.4, -0.2) is 30.9 Å². The van der Waals surface area contributed by atoms with Gasteiger partial charge < -0.3 is 10.2 Å². The molecule has 6 nitrogen and oxygen atoms in total. The molecule has 0 saturated heterocycles. The van der Waals surface area contributed by atoms with Crippen LogP contribution in [0, 0.1) is 0 Å². The number of carbonyl (C=O) groups is 1. The summed E-state index contributed by atoms with van der Waals surface area (Å²) in [6, 6.07) is 5.07. The lowest BCUT2D eigenvalue weighted by Crippen LogP contribution is -2.01. The fraction of sp³-hybridized carbons (Fsp3) is 0.154. The van der Waals surface area contributed by atoms with E-state index in [1.165, 1.54) is 6.07 Å². The molecule has 3 rings (SSSR count). The summed E-state index contributed by atoms with van der Waals surface area (Å²) in [6.07, 6.45) is 1.62. The number of aromatic carboxylic acids is 1. The predicted molar refractivity (Wildman–Crippen MR) is 69.3 cm³/mol. The van der Waals surface area contributed by atoms with Crippen LogP contribution in [0.15, 0.2) is 24.4 Å². The number of aromatic hydroxyl groups is 1. The van der Waals surface area contributed by atoms with E-state index in [0.29, 0.717) is 17.6 Å². The van der Waals surface area contributed by atoms with Gasteiger partial charge in [0.05, 0.1) is 16.4 Å². The van der Waals surface area contributed by atoms with Crippen LogP contribution in [0.2, 0.25) is 0 Å². The highest BCUT2D eigenvalue weighted by Crippen LogP contribution is 2.34. The average molecular weight is 257 g/mol. The minimum Gasteiger partial charge on any atom is -0.507 e. The van der Waals surface area contributed by atoms with Crippen molar-refractivity contribution in [1.82, 2.24) is 14.8 Å². The second kappa shape index (κ2) is 3.94. The smallest absolute Gasteiger partial charge is 0.357 e. The Morgan fingerprint density at radius 1 is 1.47 bits per heavy atom. The normalized spacial score (nSPS) is 11.2. The Labute approximate surface area is 107 Å². The lowest BCUT2D eigenvalue weighted by molar-refractivity contribution is 0.0691. The van der Waals surface area contributed by atoms with E-state index in [2.05, 4.69) is 10.1 Å². The highest BCUT2D eigenvalue weighted by atomic mass is 16.4. The van der Waals surface area contributed by atoms with E-state index in [4.69, 9.17) is 0 Å². The van der Waals surface area contributed by atoms with Crippen LogP contribution in [0.3, 0.4) is 0 Å². The molecule has 0 radical (unpaired) electrons. The molecule has 6 heteroatoms. The van der Waals surface area contributed by atoms with Crippen LogP contribution in [-0.2, 0) is 6.54 Å². The zero-order chi connectivity index (χ0) is 13.6. The van der Waals surface area contributed by atoms with Gasteiger partial charge in [0.15, 0.2) is 5.69 Å². The van der Waals surface area contributed by atoms with E-state index in [1.54, 1.807) is 16.9 Å². The number of carboxylic acids is 1. The largest absolute Gasteiger partial charge is 0.507 e. The molecule has 0 saturated carbocycles. The van der Waals surface area contributed by atoms with Gasteiger partial charge in [-0.15, -0.1) is 0 Å². The van der Waals surface area contributed by atoms with Crippen molar-refractivity contribution < 1.29 is 15.0 Å². The molecule has 3 aromatic rings. The number of hydrogen-bond acceptors (Lipinski definition) is 4. The third kappa shape index (κ3) is 1.53. The molecule has 0 fully saturated rings. The monoisotopic (exact) mass is 257 g/mol. The van der Waals surface area contributed by atoms with Crippen molar-refractivity contribution in [3.05, 3.63) is 30.1 Å². The molecule has 2 aromatic heterocycles. The van der Waals surface area contributed by atoms with Crippen molar-refractivity contribution in [2.75, 3.05) is 0 Å². The van der Waals surface area contributed by atoms with Crippen molar-refractivity contribution in [2.45, 2.75) is 13.5 Å². The van der Waals surface area contributed by atoms with Crippen molar-refractivity contribution in [1.29, 1.82) is 0 Å². The van der Waals surface area contributed by atoms with E-state index < -0.39 is 5.97 Å². The van der Waals surface area contributed by atoms with Crippen molar-refractivity contribution in [3.8, 4) is 5.75 Å². The SMILES string of the molecule is CCn1nc(C(=O)O)c2c(O)cc3ncccc3c21. The topological polar surface area (TPSA) is 88.2 Å². The van der Waals surface area contributed by atoms with E-state index in [9.17, 15) is 15.0 Å². The summed E-state index contributed by atoms with van der Waals surface area (Å²) in [5.41, 5.74) is 1.07. The highest BCUT2D eigenvalue weighted by molar-refractivity contribution is 6.13. The lowest BCUT2D eigenvalue weighted by atomic mass is 10.1. The van der Waals surface area contributed by atoms with Gasteiger partial charge in [-0.1, -0.05) is 0 Å². The molecule has 2 N–H and O–H groups in total. The van der Waals surface area contributed by atoms with Crippen LogP contribution in [0.4, 0.5) is 0 Å². The maximum atomic E-state index is 11.2. The number of benzene rings is 1. The van der Waals surface area contributed by atoms with Gasteiger partial charge in [0.1, 0.15) is 5.75 Å². The van der Waals surface area contributed by atoms with E-state index >= 15 is 0 Å². The summed E-state index contributed by atoms with van der Waals surface area (Å²) in [6.45, 7) is 2.38. The molecular formula is C13H11N3O3. The zero-order valence-corrected chi connectivity index (χ0v) is 10.2. The van der Waals surface area contributed by atoms with Crippen LogP contribution < -0.4 is 0 Å². The summed E-state index contributed by atoms with van der Waals surface area (Å²) in [5.74, 6) is -1.27. The first-order chi connectivity index (χ1) is 9.13. The Morgan fingerprint density at radius 2 is 2.26 bits per heavy atom. The summed E-state index contributed by atoms with van der Waals surface area (Å²) >= 11 is 0. The quantitative estimate of drug-likeness (QED) is 0.733. The van der Waals surface area contributed by atoms with Gasteiger partial charge >= 0.3 is 5.97 Å².